The lowest BCUT2D eigenvalue weighted by atomic mass is 9.89. The van der Waals surface area contributed by atoms with Gasteiger partial charge in [-0.25, -0.2) is 4.79 Å². The normalized spacial score (nSPS) is 20.4. The molecule has 2 aliphatic rings. The number of likely N-dealkylation sites (tertiary alicyclic amines) is 1. The van der Waals surface area contributed by atoms with Crippen LogP contribution in [0.3, 0.4) is 0 Å². The van der Waals surface area contributed by atoms with Crippen LogP contribution in [0, 0.1) is 5.92 Å². The molecule has 2 aromatic carbocycles. The number of benzene rings is 2. The second-order valence-corrected chi connectivity index (χ2v) is 9.98. The number of methoxy groups -OCH3 is 1. The average Bonchev–Trinajstić information content (AvgIpc) is 2.83. The minimum Gasteiger partial charge on any atom is -0.497 e. The molecule has 0 aliphatic carbocycles. The van der Waals surface area contributed by atoms with Gasteiger partial charge in [-0.05, 0) is 67.6 Å². The minimum absolute atomic E-state index is 0.0684. The molecule has 2 heterocycles. The molecule has 1 atom stereocenters. The number of imide groups is 1. The second kappa shape index (κ2) is 10.7. The molecule has 2 saturated heterocycles. The first kappa shape index (κ1) is 23.8. The molecular formula is C26H32BrN3O3. The number of amides is 3. The first-order valence-corrected chi connectivity index (χ1v) is 12.4. The van der Waals surface area contributed by atoms with Gasteiger partial charge >= 0.3 is 6.03 Å². The Balaban J connectivity index is 1.29. The summed E-state index contributed by atoms with van der Waals surface area (Å²) in [6.07, 6.45) is 3.64. The Morgan fingerprint density at radius 2 is 1.79 bits per heavy atom. The third-order valence-corrected chi connectivity index (χ3v) is 7.69. The molecule has 7 heteroatoms. The van der Waals surface area contributed by atoms with Crippen LogP contribution in [0.15, 0.2) is 53.0 Å². The van der Waals surface area contributed by atoms with Gasteiger partial charge in [-0.1, -0.05) is 46.3 Å². The van der Waals surface area contributed by atoms with Crippen LogP contribution in [0.25, 0.3) is 0 Å². The average molecular weight is 514 g/mol. The zero-order valence-corrected chi connectivity index (χ0v) is 21.0. The maximum Gasteiger partial charge on any atom is 0.327 e. The molecule has 2 aromatic rings. The van der Waals surface area contributed by atoms with Gasteiger partial charge in [0.15, 0.2) is 0 Å². The van der Waals surface area contributed by atoms with E-state index in [1.165, 1.54) is 10.5 Å². The number of carbonyl (C=O) groups excluding carboxylic acids is 2. The summed E-state index contributed by atoms with van der Waals surface area (Å²) in [5.74, 6) is 1.43. The molecular weight excluding hydrogens is 482 g/mol. The highest BCUT2D eigenvalue weighted by atomic mass is 79.9. The van der Waals surface area contributed by atoms with Crippen LogP contribution in [0.1, 0.15) is 30.4 Å². The van der Waals surface area contributed by atoms with E-state index in [0.29, 0.717) is 18.9 Å². The van der Waals surface area contributed by atoms with Crippen molar-refractivity contribution in [2.75, 3.05) is 33.8 Å². The van der Waals surface area contributed by atoms with E-state index < -0.39 is 0 Å². The lowest BCUT2D eigenvalue weighted by Crippen LogP contribution is -2.58. The van der Waals surface area contributed by atoms with Crippen LogP contribution in [0.2, 0.25) is 0 Å². The fraction of sp³-hybridized carbons (Fsp3) is 0.462. The quantitative estimate of drug-likeness (QED) is 0.544. The van der Waals surface area contributed by atoms with Crippen molar-refractivity contribution in [3.8, 4) is 5.75 Å². The van der Waals surface area contributed by atoms with Crippen molar-refractivity contribution in [1.29, 1.82) is 0 Å². The molecule has 176 valence electrons. The van der Waals surface area contributed by atoms with E-state index in [2.05, 4.69) is 33.0 Å². The van der Waals surface area contributed by atoms with Crippen LogP contribution in [-0.2, 0) is 17.8 Å². The molecule has 3 amide bonds. The highest BCUT2D eigenvalue weighted by Crippen LogP contribution is 2.29. The number of carbonyl (C=O) groups is 2. The van der Waals surface area contributed by atoms with Crippen LogP contribution in [-0.4, -0.2) is 66.5 Å². The largest absolute Gasteiger partial charge is 0.497 e. The molecule has 6 nitrogen and oxygen atoms in total. The minimum atomic E-state index is -0.196. The Labute approximate surface area is 204 Å². The first-order chi connectivity index (χ1) is 15.9. The Kier molecular flexibility index (Phi) is 7.71. The predicted octanol–water partition coefficient (Wildman–Crippen LogP) is 4.57. The monoisotopic (exact) mass is 513 g/mol. The van der Waals surface area contributed by atoms with Gasteiger partial charge < -0.3 is 14.5 Å². The Bertz CT molecular complexity index is 976. The molecule has 33 heavy (non-hydrogen) atoms. The molecule has 0 spiro atoms. The lowest BCUT2D eigenvalue weighted by Gasteiger charge is -2.41. The Hall–Kier alpha value is -2.38. The van der Waals surface area contributed by atoms with Gasteiger partial charge in [0.2, 0.25) is 5.91 Å². The topological polar surface area (TPSA) is 53.1 Å². The summed E-state index contributed by atoms with van der Waals surface area (Å²) < 4.78 is 6.51. The van der Waals surface area contributed by atoms with Crippen LogP contribution < -0.4 is 4.74 Å². The zero-order chi connectivity index (χ0) is 23.4. The van der Waals surface area contributed by atoms with Crippen LogP contribution in [0.4, 0.5) is 4.79 Å². The van der Waals surface area contributed by atoms with Crippen molar-refractivity contribution in [2.24, 2.45) is 5.92 Å². The van der Waals surface area contributed by atoms with Gasteiger partial charge in [-0.2, -0.15) is 0 Å². The number of nitrogens with zero attached hydrogens (tertiary/aromatic N) is 3. The summed E-state index contributed by atoms with van der Waals surface area (Å²) in [5.41, 5.74) is 2.25. The van der Waals surface area contributed by atoms with Crippen molar-refractivity contribution in [3.05, 3.63) is 64.1 Å². The lowest BCUT2D eigenvalue weighted by molar-refractivity contribution is -0.133. The molecule has 0 N–H and O–H groups in total. The Morgan fingerprint density at radius 3 is 2.48 bits per heavy atom. The van der Waals surface area contributed by atoms with Crippen molar-refractivity contribution in [1.82, 2.24) is 14.7 Å². The first-order valence-electron chi connectivity index (χ1n) is 11.6. The zero-order valence-electron chi connectivity index (χ0n) is 19.4. The van der Waals surface area contributed by atoms with E-state index >= 15 is 0 Å². The van der Waals surface area contributed by atoms with E-state index in [9.17, 15) is 9.59 Å². The van der Waals surface area contributed by atoms with Crippen molar-refractivity contribution < 1.29 is 14.3 Å². The van der Waals surface area contributed by atoms with Gasteiger partial charge in [0.05, 0.1) is 19.7 Å². The number of rotatable bonds is 7. The predicted molar refractivity (Wildman–Crippen MR) is 132 cm³/mol. The van der Waals surface area contributed by atoms with Gasteiger partial charge in [-0.15, -0.1) is 0 Å². The standard InChI is InChI=1S/C26H32BrN3O3/c1-28-22(16-25(31)30(26(28)32)17-20-6-4-3-5-7-20)18-29-12-10-19(11-13-29)14-21-15-23(33-2)8-9-24(21)27/h3-9,15,19,22H,10-14,16-18H2,1-2H3. The van der Waals surface area contributed by atoms with Crippen molar-refractivity contribution >= 4 is 27.9 Å². The number of piperidine rings is 1. The van der Waals surface area contributed by atoms with Gasteiger partial charge in [-0.3, -0.25) is 9.69 Å². The van der Waals surface area contributed by atoms with E-state index in [1.54, 1.807) is 12.0 Å². The molecule has 4 rings (SSSR count). The second-order valence-electron chi connectivity index (χ2n) is 9.12. The molecule has 0 saturated carbocycles. The number of urea groups is 1. The van der Waals surface area contributed by atoms with E-state index in [1.807, 2.05) is 43.4 Å². The fourth-order valence-corrected chi connectivity index (χ4v) is 5.24. The highest BCUT2D eigenvalue weighted by Gasteiger charge is 2.37. The number of halogens is 1. The third kappa shape index (κ3) is 5.76. The van der Waals surface area contributed by atoms with E-state index in [4.69, 9.17) is 4.74 Å². The number of likely N-dealkylation sites (N-methyl/N-ethyl adjacent to an activating group) is 1. The summed E-state index contributed by atoms with van der Waals surface area (Å²) in [5, 5.41) is 0. The third-order valence-electron chi connectivity index (χ3n) is 6.91. The summed E-state index contributed by atoms with van der Waals surface area (Å²) in [7, 11) is 3.52. The maximum atomic E-state index is 12.9. The van der Waals surface area contributed by atoms with Gasteiger partial charge in [0.1, 0.15) is 5.75 Å². The number of hydrogen-bond acceptors (Lipinski definition) is 4. The highest BCUT2D eigenvalue weighted by molar-refractivity contribution is 9.10. The van der Waals surface area contributed by atoms with Crippen LogP contribution in [0.5, 0.6) is 5.75 Å². The van der Waals surface area contributed by atoms with Gasteiger partial charge in [0.25, 0.3) is 0 Å². The summed E-state index contributed by atoms with van der Waals surface area (Å²) in [4.78, 5) is 31.3. The molecule has 2 aliphatic heterocycles. The summed E-state index contributed by atoms with van der Waals surface area (Å²) in [6.45, 7) is 3.07. The molecule has 0 bridgehead atoms. The number of ether oxygens (including phenoxy) is 1. The summed E-state index contributed by atoms with van der Waals surface area (Å²) in [6, 6.07) is 15.6. The molecule has 2 fully saturated rings. The van der Waals surface area contributed by atoms with Crippen molar-refractivity contribution in [3.63, 3.8) is 0 Å². The molecule has 0 radical (unpaired) electrons. The van der Waals surface area contributed by atoms with E-state index in [0.717, 1.165) is 54.7 Å². The van der Waals surface area contributed by atoms with E-state index in [-0.39, 0.29) is 18.0 Å². The van der Waals surface area contributed by atoms with Crippen LogP contribution >= 0.6 is 15.9 Å². The Morgan fingerprint density at radius 1 is 1.06 bits per heavy atom. The molecule has 0 aromatic heterocycles. The number of hydrogen-bond donors (Lipinski definition) is 0. The maximum absolute atomic E-state index is 12.9. The summed E-state index contributed by atoms with van der Waals surface area (Å²) >= 11 is 3.67. The van der Waals surface area contributed by atoms with Crippen molar-refractivity contribution in [2.45, 2.75) is 38.3 Å². The SMILES string of the molecule is COc1ccc(Br)c(CC2CCN(CC3CC(=O)N(Cc4ccccc4)C(=O)N3C)CC2)c1. The molecule has 1 unspecified atom stereocenters. The van der Waals surface area contributed by atoms with Gasteiger partial charge in [0, 0.05) is 24.5 Å². The smallest absolute Gasteiger partial charge is 0.327 e. The fourth-order valence-electron chi connectivity index (χ4n) is 4.83.